The Kier molecular flexibility index (Phi) is 7.48. The van der Waals surface area contributed by atoms with Gasteiger partial charge in [0.2, 0.25) is 0 Å². The van der Waals surface area contributed by atoms with Crippen LogP contribution in [0.5, 0.6) is 0 Å². The highest BCUT2D eigenvalue weighted by molar-refractivity contribution is 6.22. The van der Waals surface area contributed by atoms with E-state index >= 15 is 0 Å². The SMILES string of the molecule is C1=CC2c3ccccc3N(c3cccc(-n4c5ccccc5c5c(-c6cccc7c6c6ccccc6n7-c6cccc(-n7c8ccccc8c8ccccc87)c6)cccc54)c3)C2C=C1. The summed E-state index contributed by atoms with van der Waals surface area (Å²) in [5.41, 5.74) is 16.9. The van der Waals surface area contributed by atoms with Gasteiger partial charge in [0.25, 0.3) is 0 Å². The standard InChI is InChI=1S/C60H40N4/c1-7-29-51-43(21-1)44-22-2-8-30-52(44)61(51)39-17-13-19-41(37-39)63-55-33-11-5-25-49(55)59-47(27-15-35-57(59)63)48-28-16-36-58-60(48)50-26-6-12-34-56(50)64(58)42-20-14-18-40(38-42)62-53-31-9-3-23-45(53)46-24-4-10-32-54(46)62/h1-38,43,51H. The maximum atomic E-state index is 2.53. The van der Waals surface area contributed by atoms with E-state index in [0.717, 1.165) is 17.1 Å². The van der Waals surface area contributed by atoms with E-state index in [1.807, 2.05) is 0 Å². The summed E-state index contributed by atoms with van der Waals surface area (Å²) in [6.07, 6.45) is 9.09. The van der Waals surface area contributed by atoms with Crippen LogP contribution in [0.4, 0.5) is 11.4 Å². The number of hydrogen-bond acceptors (Lipinski definition) is 1. The van der Waals surface area contributed by atoms with Crippen LogP contribution in [0.25, 0.3) is 93.6 Å². The zero-order valence-electron chi connectivity index (χ0n) is 34.9. The molecule has 2 atom stereocenters. The van der Waals surface area contributed by atoms with Crippen molar-refractivity contribution in [1.82, 2.24) is 13.7 Å². The van der Waals surface area contributed by atoms with Gasteiger partial charge < -0.3 is 18.6 Å². The molecule has 0 N–H and O–H groups in total. The highest BCUT2D eigenvalue weighted by Crippen LogP contribution is 2.49. The average Bonchev–Trinajstić information content (AvgIpc) is 4.09. The number of benzene rings is 9. The number of anilines is 2. The second-order valence-electron chi connectivity index (χ2n) is 17.2. The van der Waals surface area contributed by atoms with Crippen LogP contribution in [0.3, 0.4) is 0 Å². The number of aromatic nitrogens is 3. The molecule has 0 bridgehead atoms. The first-order valence-electron chi connectivity index (χ1n) is 22.3. The van der Waals surface area contributed by atoms with Crippen LogP contribution in [0.2, 0.25) is 0 Å². The number of rotatable bonds is 5. The maximum absolute atomic E-state index is 2.53. The lowest BCUT2D eigenvalue weighted by atomic mass is 9.91. The molecular weight excluding hydrogens is 777 g/mol. The van der Waals surface area contributed by atoms with E-state index < -0.39 is 0 Å². The molecule has 1 aliphatic heterocycles. The van der Waals surface area contributed by atoms with Gasteiger partial charge in [-0.3, -0.25) is 0 Å². The number of hydrogen-bond donors (Lipinski definition) is 0. The quantitative estimate of drug-likeness (QED) is 0.169. The molecular formula is C60H40N4. The fourth-order valence-corrected chi connectivity index (χ4v) is 11.4. The minimum absolute atomic E-state index is 0.237. The summed E-state index contributed by atoms with van der Waals surface area (Å²) in [6.45, 7) is 0. The van der Waals surface area contributed by atoms with Gasteiger partial charge in [0.1, 0.15) is 0 Å². The zero-order chi connectivity index (χ0) is 41.9. The van der Waals surface area contributed by atoms with Crippen molar-refractivity contribution in [2.24, 2.45) is 0 Å². The molecule has 0 spiro atoms. The third-order valence-corrected chi connectivity index (χ3v) is 13.9. The number of allylic oxidation sites excluding steroid dienone is 2. The van der Waals surface area contributed by atoms with Crippen LogP contribution < -0.4 is 4.90 Å². The van der Waals surface area contributed by atoms with E-state index in [1.165, 1.54) is 93.5 Å². The van der Waals surface area contributed by atoms with Crippen molar-refractivity contribution < 1.29 is 0 Å². The molecule has 1 aliphatic carbocycles. The molecule has 9 aromatic carbocycles. The lowest BCUT2D eigenvalue weighted by Crippen LogP contribution is -2.28. The summed E-state index contributed by atoms with van der Waals surface area (Å²) >= 11 is 0. The van der Waals surface area contributed by atoms with Crippen LogP contribution in [0.1, 0.15) is 11.5 Å². The molecule has 0 saturated carbocycles. The summed E-state index contributed by atoms with van der Waals surface area (Å²) < 4.78 is 7.33. The van der Waals surface area contributed by atoms with Crippen molar-refractivity contribution in [2.45, 2.75) is 12.0 Å². The summed E-state index contributed by atoms with van der Waals surface area (Å²) in [5.74, 6) is 0.332. The van der Waals surface area contributed by atoms with Gasteiger partial charge >= 0.3 is 0 Å². The Morgan fingerprint density at radius 1 is 0.312 bits per heavy atom. The molecule has 4 heteroatoms. The van der Waals surface area contributed by atoms with Crippen LogP contribution in [-0.2, 0) is 0 Å². The van der Waals surface area contributed by atoms with Gasteiger partial charge in [0.05, 0.1) is 39.1 Å². The third kappa shape index (κ3) is 4.93. The van der Waals surface area contributed by atoms with Gasteiger partial charge in [-0.1, -0.05) is 152 Å². The predicted octanol–water partition coefficient (Wildman–Crippen LogP) is 15.4. The molecule has 0 saturated heterocycles. The van der Waals surface area contributed by atoms with Crippen LogP contribution in [-0.4, -0.2) is 19.7 Å². The summed E-state index contributed by atoms with van der Waals surface area (Å²) in [4.78, 5) is 2.53. The maximum Gasteiger partial charge on any atom is 0.0629 e. The normalized spacial score (nSPS) is 15.7. The number of nitrogens with zero attached hydrogens (tertiary/aromatic N) is 4. The molecule has 4 heterocycles. The van der Waals surface area contributed by atoms with E-state index in [9.17, 15) is 0 Å². The predicted molar refractivity (Wildman–Crippen MR) is 268 cm³/mol. The molecule has 64 heavy (non-hydrogen) atoms. The molecule has 0 amide bonds. The molecule has 14 rings (SSSR count). The van der Waals surface area contributed by atoms with E-state index in [0.29, 0.717) is 5.92 Å². The van der Waals surface area contributed by atoms with Gasteiger partial charge in [0, 0.05) is 66.7 Å². The van der Waals surface area contributed by atoms with Gasteiger partial charge in [-0.2, -0.15) is 0 Å². The van der Waals surface area contributed by atoms with Gasteiger partial charge in [0.15, 0.2) is 0 Å². The van der Waals surface area contributed by atoms with Crippen LogP contribution >= 0.6 is 0 Å². The Bertz CT molecular complexity index is 3890. The van der Waals surface area contributed by atoms with Gasteiger partial charge in [-0.05, 0) is 95.6 Å². The number of para-hydroxylation sites is 5. The van der Waals surface area contributed by atoms with Crippen molar-refractivity contribution in [3.8, 4) is 28.2 Å². The Balaban J connectivity index is 0.962. The third-order valence-electron chi connectivity index (χ3n) is 13.9. The van der Waals surface area contributed by atoms with Gasteiger partial charge in [-0.25, -0.2) is 0 Å². The lowest BCUT2D eigenvalue weighted by molar-refractivity contribution is 0.744. The highest BCUT2D eigenvalue weighted by Gasteiger charge is 2.37. The Hall–Kier alpha value is -8.34. The molecule has 4 nitrogen and oxygen atoms in total. The summed E-state index contributed by atoms with van der Waals surface area (Å²) in [5, 5.41) is 7.51. The Labute approximate surface area is 370 Å². The smallest absolute Gasteiger partial charge is 0.0629 e. The minimum atomic E-state index is 0.237. The van der Waals surface area contributed by atoms with Crippen LogP contribution in [0, 0.1) is 0 Å². The Morgan fingerprint density at radius 2 is 0.719 bits per heavy atom. The number of fused-ring (bicyclic) bond motifs is 12. The van der Waals surface area contributed by atoms with Crippen molar-refractivity contribution >= 4 is 76.8 Å². The molecule has 2 aliphatic rings. The molecule has 12 aromatic rings. The zero-order valence-corrected chi connectivity index (χ0v) is 34.9. The fraction of sp³-hybridized carbons (Fsp3) is 0.0333. The highest BCUT2D eigenvalue weighted by atomic mass is 15.2. The topological polar surface area (TPSA) is 18.0 Å². The average molecular weight is 817 g/mol. The van der Waals surface area contributed by atoms with E-state index in [2.05, 4.69) is 249 Å². The summed E-state index contributed by atoms with van der Waals surface area (Å²) in [6, 6.07) is 76.3. The Morgan fingerprint density at radius 3 is 1.30 bits per heavy atom. The largest absolute Gasteiger partial charge is 0.333 e. The second-order valence-corrected chi connectivity index (χ2v) is 17.2. The van der Waals surface area contributed by atoms with Crippen molar-refractivity contribution in [2.75, 3.05) is 4.90 Å². The van der Waals surface area contributed by atoms with Crippen LogP contribution in [0.15, 0.2) is 231 Å². The van der Waals surface area contributed by atoms with E-state index in [1.54, 1.807) is 0 Å². The van der Waals surface area contributed by atoms with E-state index in [4.69, 9.17) is 0 Å². The van der Waals surface area contributed by atoms with E-state index in [-0.39, 0.29) is 6.04 Å². The molecule has 3 aromatic heterocycles. The first kappa shape index (κ1) is 35.3. The molecule has 2 unspecified atom stereocenters. The minimum Gasteiger partial charge on any atom is -0.333 e. The summed E-state index contributed by atoms with van der Waals surface area (Å²) in [7, 11) is 0. The molecule has 0 fully saturated rings. The molecule has 300 valence electrons. The van der Waals surface area contributed by atoms with Gasteiger partial charge in [-0.15, -0.1) is 0 Å². The second kappa shape index (κ2) is 13.6. The lowest BCUT2D eigenvalue weighted by Gasteiger charge is -2.29. The van der Waals surface area contributed by atoms with Crippen molar-refractivity contribution in [3.05, 3.63) is 236 Å². The first-order valence-corrected chi connectivity index (χ1v) is 22.3. The van der Waals surface area contributed by atoms with Crippen molar-refractivity contribution in [3.63, 3.8) is 0 Å². The fourth-order valence-electron chi connectivity index (χ4n) is 11.4. The molecule has 0 radical (unpaired) electrons. The van der Waals surface area contributed by atoms with Crippen molar-refractivity contribution in [1.29, 1.82) is 0 Å². The first-order chi connectivity index (χ1) is 31.8. The monoisotopic (exact) mass is 816 g/mol.